The molecule has 1 aromatic heterocycles. The van der Waals surface area contributed by atoms with Crippen molar-refractivity contribution < 1.29 is 5.11 Å². The van der Waals surface area contributed by atoms with Crippen LogP contribution >= 0.6 is 0 Å². The van der Waals surface area contributed by atoms with E-state index in [1.165, 1.54) is 0 Å². The molecule has 3 heteroatoms. The monoisotopic (exact) mass is 208 g/mol. The Hall–Kier alpha value is -1.09. The van der Waals surface area contributed by atoms with E-state index in [1.54, 1.807) is 6.20 Å². The number of aliphatic hydroxyl groups excluding tert-OH is 1. The van der Waals surface area contributed by atoms with Crippen LogP contribution in [0.25, 0.3) is 0 Å². The fourth-order valence-electron chi connectivity index (χ4n) is 1.66. The lowest BCUT2D eigenvalue weighted by Crippen LogP contribution is -2.07. The Kier molecular flexibility index (Phi) is 4.09. The van der Waals surface area contributed by atoms with Gasteiger partial charge in [0.2, 0.25) is 0 Å². The molecule has 3 N–H and O–H groups in total. The number of rotatable bonds is 4. The average molecular weight is 208 g/mol. The van der Waals surface area contributed by atoms with E-state index in [2.05, 4.69) is 18.8 Å². The molecule has 1 unspecified atom stereocenters. The van der Waals surface area contributed by atoms with Crippen molar-refractivity contribution in [1.82, 2.24) is 4.98 Å². The summed E-state index contributed by atoms with van der Waals surface area (Å²) in [5, 5.41) is 10.0. The van der Waals surface area contributed by atoms with Crippen molar-refractivity contribution in [3.05, 3.63) is 23.4 Å². The molecule has 0 fully saturated rings. The van der Waals surface area contributed by atoms with Gasteiger partial charge in [-0.25, -0.2) is 4.98 Å². The van der Waals surface area contributed by atoms with Crippen molar-refractivity contribution >= 4 is 5.82 Å². The van der Waals surface area contributed by atoms with Crippen molar-refractivity contribution in [3.63, 3.8) is 0 Å². The van der Waals surface area contributed by atoms with Gasteiger partial charge in [-0.2, -0.15) is 0 Å². The van der Waals surface area contributed by atoms with Crippen molar-refractivity contribution in [2.45, 2.75) is 39.7 Å². The molecule has 0 bridgehead atoms. The summed E-state index contributed by atoms with van der Waals surface area (Å²) in [5.41, 5.74) is 7.56. The Balaban J connectivity index is 2.77. The van der Waals surface area contributed by atoms with E-state index in [0.717, 1.165) is 24.0 Å². The molecule has 1 aromatic rings. The highest BCUT2D eigenvalue weighted by Crippen LogP contribution is 2.26. The maximum Gasteiger partial charge on any atom is 0.129 e. The third-order valence-electron chi connectivity index (χ3n) is 2.59. The third-order valence-corrected chi connectivity index (χ3v) is 2.59. The quantitative estimate of drug-likeness (QED) is 0.799. The van der Waals surface area contributed by atoms with Crippen LogP contribution in [0.4, 0.5) is 5.82 Å². The Morgan fingerprint density at radius 3 is 2.60 bits per heavy atom. The number of anilines is 1. The van der Waals surface area contributed by atoms with Crippen molar-refractivity contribution in [3.8, 4) is 0 Å². The molecule has 0 radical (unpaired) electrons. The van der Waals surface area contributed by atoms with Crippen molar-refractivity contribution in [2.75, 3.05) is 5.73 Å². The molecule has 0 spiro atoms. The summed E-state index contributed by atoms with van der Waals surface area (Å²) >= 11 is 0. The minimum Gasteiger partial charge on any atom is -0.388 e. The predicted molar refractivity (Wildman–Crippen MR) is 62.4 cm³/mol. The Labute approximate surface area is 91.3 Å². The molecule has 0 amide bonds. The van der Waals surface area contributed by atoms with Gasteiger partial charge in [-0.3, -0.25) is 0 Å². The number of pyridine rings is 1. The van der Waals surface area contributed by atoms with Gasteiger partial charge in [0.05, 0.1) is 6.10 Å². The van der Waals surface area contributed by atoms with E-state index in [0.29, 0.717) is 11.7 Å². The molecule has 0 aliphatic rings. The van der Waals surface area contributed by atoms with Crippen LogP contribution in [0.2, 0.25) is 0 Å². The van der Waals surface area contributed by atoms with Crippen LogP contribution in [-0.2, 0) is 0 Å². The number of hydrogen-bond acceptors (Lipinski definition) is 3. The summed E-state index contributed by atoms with van der Waals surface area (Å²) in [6.07, 6.45) is 2.92. The van der Waals surface area contributed by atoms with Crippen LogP contribution in [0.3, 0.4) is 0 Å². The Morgan fingerprint density at radius 1 is 1.40 bits per heavy atom. The van der Waals surface area contributed by atoms with Crippen LogP contribution < -0.4 is 5.73 Å². The van der Waals surface area contributed by atoms with Crippen LogP contribution in [0.15, 0.2) is 12.3 Å². The molecule has 1 rings (SSSR count). The van der Waals surface area contributed by atoms with Crippen LogP contribution in [0.1, 0.15) is 43.9 Å². The second-order valence-electron chi connectivity index (χ2n) is 4.41. The highest BCUT2D eigenvalue weighted by molar-refractivity contribution is 5.45. The molecular weight excluding hydrogens is 188 g/mol. The molecule has 84 valence electrons. The highest BCUT2D eigenvalue weighted by Gasteiger charge is 2.14. The lowest BCUT2D eigenvalue weighted by molar-refractivity contribution is 0.159. The van der Waals surface area contributed by atoms with Gasteiger partial charge in [0, 0.05) is 11.8 Å². The van der Waals surface area contributed by atoms with E-state index in [-0.39, 0.29) is 0 Å². The second kappa shape index (κ2) is 5.12. The first-order chi connectivity index (χ1) is 7.02. The zero-order chi connectivity index (χ0) is 11.4. The molecular formula is C12H20N2O. The van der Waals surface area contributed by atoms with Gasteiger partial charge in [-0.15, -0.1) is 0 Å². The maximum atomic E-state index is 10.0. The molecule has 0 aliphatic carbocycles. The molecule has 0 aromatic carbocycles. The zero-order valence-electron chi connectivity index (χ0n) is 9.70. The first kappa shape index (κ1) is 12.0. The second-order valence-corrected chi connectivity index (χ2v) is 4.41. The van der Waals surface area contributed by atoms with Gasteiger partial charge in [-0.1, -0.05) is 13.8 Å². The van der Waals surface area contributed by atoms with E-state index in [1.807, 2.05) is 13.0 Å². The number of nitrogen functional groups attached to an aromatic ring is 1. The van der Waals surface area contributed by atoms with Crippen LogP contribution in [-0.4, -0.2) is 10.1 Å². The first-order valence-corrected chi connectivity index (χ1v) is 5.41. The standard InChI is InChI=1S/C12H20N2O/c1-8(2)4-5-10(15)11-9(3)6-7-14-12(11)13/h6-8,10,15H,4-5H2,1-3H3,(H2,13,14). The van der Waals surface area contributed by atoms with E-state index in [4.69, 9.17) is 5.73 Å². The molecule has 3 nitrogen and oxygen atoms in total. The van der Waals surface area contributed by atoms with E-state index < -0.39 is 6.10 Å². The molecule has 15 heavy (non-hydrogen) atoms. The molecule has 0 saturated heterocycles. The smallest absolute Gasteiger partial charge is 0.129 e. The predicted octanol–water partition coefficient (Wildman–Crippen LogP) is 2.44. The normalized spacial score (nSPS) is 13.1. The Bertz CT molecular complexity index is 303. The number of nitrogens with two attached hydrogens (primary N) is 1. The molecule has 1 atom stereocenters. The summed E-state index contributed by atoms with van der Waals surface area (Å²) in [7, 11) is 0. The van der Waals surface area contributed by atoms with Gasteiger partial charge < -0.3 is 10.8 Å². The minimum atomic E-state index is -0.485. The summed E-state index contributed by atoms with van der Waals surface area (Å²) in [6.45, 7) is 6.24. The topological polar surface area (TPSA) is 59.1 Å². The summed E-state index contributed by atoms with van der Waals surface area (Å²) < 4.78 is 0. The largest absolute Gasteiger partial charge is 0.388 e. The Morgan fingerprint density at radius 2 is 2.07 bits per heavy atom. The van der Waals surface area contributed by atoms with Crippen molar-refractivity contribution in [1.29, 1.82) is 0 Å². The number of nitrogens with zero attached hydrogens (tertiary/aromatic N) is 1. The lowest BCUT2D eigenvalue weighted by Gasteiger charge is -2.16. The average Bonchev–Trinajstić information content (AvgIpc) is 2.14. The van der Waals surface area contributed by atoms with Gasteiger partial charge >= 0.3 is 0 Å². The number of aryl methyl sites for hydroxylation is 1. The van der Waals surface area contributed by atoms with Crippen molar-refractivity contribution in [2.24, 2.45) is 5.92 Å². The summed E-state index contributed by atoms with van der Waals surface area (Å²) in [4.78, 5) is 4.01. The van der Waals surface area contributed by atoms with E-state index >= 15 is 0 Å². The zero-order valence-corrected chi connectivity index (χ0v) is 9.70. The number of hydrogen-bond donors (Lipinski definition) is 2. The third kappa shape index (κ3) is 3.20. The maximum absolute atomic E-state index is 10.0. The first-order valence-electron chi connectivity index (χ1n) is 5.41. The summed E-state index contributed by atoms with van der Waals surface area (Å²) in [5.74, 6) is 1.05. The fraction of sp³-hybridized carbons (Fsp3) is 0.583. The SMILES string of the molecule is Cc1ccnc(N)c1C(O)CCC(C)C. The van der Waals surface area contributed by atoms with Gasteiger partial charge in [-0.05, 0) is 37.3 Å². The number of aliphatic hydroxyl groups is 1. The molecule has 1 heterocycles. The summed E-state index contributed by atoms with van der Waals surface area (Å²) in [6, 6.07) is 1.88. The van der Waals surface area contributed by atoms with Gasteiger partial charge in [0.15, 0.2) is 0 Å². The highest BCUT2D eigenvalue weighted by atomic mass is 16.3. The lowest BCUT2D eigenvalue weighted by atomic mass is 9.97. The minimum absolute atomic E-state index is 0.450. The van der Waals surface area contributed by atoms with Gasteiger partial charge in [0.25, 0.3) is 0 Å². The van der Waals surface area contributed by atoms with Crippen LogP contribution in [0, 0.1) is 12.8 Å². The molecule has 0 aliphatic heterocycles. The fourth-order valence-corrected chi connectivity index (χ4v) is 1.66. The van der Waals surface area contributed by atoms with Crippen LogP contribution in [0.5, 0.6) is 0 Å². The van der Waals surface area contributed by atoms with Gasteiger partial charge in [0.1, 0.15) is 5.82 Å². The van der Waals surface area contributed by atoms with E-state index in [9.17, 15) is 5.11 Å². The molecule has 0 saturated carbocycles. The number of aromatic nitrogens is 1.